The number of hydrogen-bond acceptors (Lipinski definition) is 3. The Morgan fingerprint density at radius 2 is 2.06 bits per heavy atom. The molecule has 96 valence electrons. The van der Waals surface area contributed by atoms with Crippen LogP contribution in [-0.2, 0) is 0 Å². The molecule has 0 heterocycles. The molecule has 1 saturated carbocycles. The SMILES string of the molecule is Cc1ccc(C#N)c(NCC2(O)CCCCC2)c1. The molecule has 0 unspecified atom stereocenters. The third kappa shape index (κ3) is 3.02. The summed E-state index contributed by atoms with van der Waals surface area (Å²) in [7, 11) is 0. The molecule has 2 N–H and O–H groups in total. The first-order valence-corrected chi connectivity index (χ1v) is 6.60. The van der Waals surface area contributed by atoms with Gasteiger partial charge in [-0.1, -0.05) is 25.3 Å². The maximum absolute atomic E-state index is 10.4. The van der Waals surface area contributed by atoms with Crippen LogP contribution in [0.3, 0.4) is 0 Å². The summed E-state index contributed by atoms with van der Waals surface area (Å²) in [5, 5.41) is 22.7. The van der Waals surface area contributed by atoms with Crippen molar-refractivity contribution in [1.29, 1.82) is 5.26 Å². The van der Waals surface area contributed by atoms with Crippen LogP contribution in [0.5, 0.6) is 0 Å². The summed E-state index contributed by atoms with van der Waals surface area (Å²) in [4.78, 5) is 0. The van der Waals surface area contributed by atoms with E-state index in [4.69, 9.17) is 5.26 Å². The summed E-state index contributed by atoms with van der Waals surface area (Å²) in [6.07, 6.45) is 5.12. The van der Waals surface area contributed by atoms with E-state index in [0.717, 1.165) is 36.9 Å². The highest BCUT2D eigenvalue weighted by atomic mass is 16.3. The van der Waals surface area contributed by atoms with Gasteiger partial charge in [0.15, 0.2) is 0 Å². The zero-order valence-electron chi connectivity index (χ0n) is 10.9. The molecule has 0 spiro atoms. The largest absolute Gasteiger partial charge is 0.388 e. The Hall–Kier alpha value is -1.53. The summed E-state index contributed by atoms with van der Waals surface area (Å²) < 4.78 is 0. The third-order valence-electron chi connectivity index (χ3n) is 3.69. The van der Waals surface area contributed by atoms with Crippen molar-refractivity contribution in [3.05, 3.63) is 29.3 Å². The Balaban J connectivity index is 2.05. The van der Waals surface area contributed by atoms with Crippen LogP contribution in [-0.4, -0.2) is 17.3 Å². The molecule has 0 amide bonds. The van der Waals surface area contributed by atoms with Gasteiger partial charge in [0, 0.05) is 6.54 Å². The van der Waals surface area contributed by atoms with Gasteiger partial charge < -0.3 is 10.4 Å². The smallest absolute Gasteiger partial charge is 0.101 e. The zero-order chi connectivity index (χ0) is 13.0. The van der Waals surface area contributed by atoms with Crippen molar-refractivity contribution in [2.24, 2.45) is 0 Å². The Bertz CT molecular complexity index is 456. The van der Waals surface area contributed by atoms with Crippen molar-refractivity contribution in [2.45, 2.75) is 44.6 Å². The van der Waals surface area contributed by atoms with Gasteiger partial charge in [-0.3, -0.25) is 0 Å². The lowest BCUT2D eigenvalue weighted by Gasteiger charge is -2.32. The maximum Gasteiger partial charge on any atom is 0.101 e. The van der Waals surface area contributed by atoms with Gasteiger partial charge in [-0.05, 0) is 37.5 Å². The lowest BCUT2D eigenvalue weighted by atomic mass is 9.85. The second kappa shape index (κ2) is 5.41. The van der Waals surface area contributed by atoms with Gasteiger partial charge in [-0.15, -0.1) is 0 Å². The number of hydrogen-bond donors (Lipinski definition) is 2. The summed E-state index contributed by atoms with van der Waals surface area (Å²) in [5.41, 5.74) is 1.98. The molecule has 0 aromatic heterocycles. The first kappa shape index (κ1) is 12.9. The van der Waals surface area contributed by atoms with Crippen molar-refractivity contribution in [3.63, 3.8) is 0 Å². The van der Waals surface area contributed by atoms with Crippen LogP contribution in [0.25, 0.3) is 0 Å². The van der Waals surface area contributed by atoms with Crippen LogP contribution in [0.15, 0.2) is 18.2 Å². The minimum Gasteiger partial charge on any atom is -0.388 e. The molecular weight excluding hydrogens is 224 g/mol. The second-order valence-electron chi connectivity index (χ2n) is 5.30. The van der Waals surface area contributed by atoms with Crippen molar-refractivity contribution in [2.75, 3.05) is 11.9 Å². The highest BCUT2D eigenvalue weighted by molar-refractivity contribution is 5.58. The Morgan fingerprint density at radius 1 is 1.33 bits per heavy atom. The number of nitrogens with one attached hydrogen (secondary N) is 1. The highest BCUT2D eigenvalue weighted by Crippen LogP contribution is 2.28. The number of nitrogens with zero attached hydrogens (tertiary/aromatic N) is 1. The molecule has 0 atom stereocenters. The predicted octanol–water partition coefficient (Wildman–Crippen LogP) is 2.97. The number of benzene rings is 1. The van der Waals surface area contributed by atoms with Crippen molar-refractivity contribution < 1.29 is 5.11 Å². The molecule has 0 saturated heterocycles. The third-order valence-corrected chi connectivity index (χ3v) is 3.69. The molecule has 18 heavy (non-hydrogen) atoms. The van der Waals surface area contributed by atoms with Crippen LogP contribution < -0.4 is 5.32 Å². The molecule has 1 fully saturated rings. The number of rotatable bonds is 3. The first-order valence-electron chi connectivity index (χ1n) is 6.60. The Labute approximate surface area is 108 Å². The van der Waals surface area contributed by atoms with E-state index >= 15 is 0 Å². The van der Waals surface area contributed by atoms with Crippen molar-refractivity contribution in [1.82, 2.24) is 0 Å². The fourth-order valence-corrected chi connectivity index (χ4v) is 2.55. The van der Waals surface area contributed by atoms with Crippen molar-refractivity contribution >= 4 is 5.69 Å². The molecule has 0 bridgehead atoms. The van der Waals surface area contributed by atoms with Crippen LogP contribution in [0.1, 0.15) is 43.2 Å². The molecule has 1 aliphatic carbocycles. The maximum atomic E-state index is 10.4. The fourth-order valence-electron chi connectivity index (χ4n) is 2.55. The van der Waals surface area contributed by atoms with Gasteiger partial charge in [-0.25, -0.2) is 0 Å². The standard InChI is InChI=1S/C15H20N2O/c1-12-5-6-13(10-16)14(9-12)17-11-15(18)7-3-2-4-8-15/h5-6,9,17-18H,2-4,7-8,11H2,1H3. The highest BCUT2D eigenvalue weighted by Gasteiger charge is 2.28. The monoisotopic (exact) mass is 244 g/mol. The molecule has 1 aliphatic rings. The normalized spacial score (nSPS) is 18.1. The summed E-state index contributed by atoms with van der Waals surface area (Å²) >= 11 is 0. The average Bonchev–Trinajstić information content (AvgIpc) is 2.38. The lowest BCUT2D eigenvalue weighted by molar-refractivity contribution is 0.0167. The molecule has 1 aromatic carbocycles. The van der Waals surface area contributed by atoms with Crippen LogP contribution in [0, 0.1) is 18.3 Å². The average molecular weight is 244 g/mol. The van der Waals surface area contributed by atoms with Crippen LogP contribution in [0.2, 0.25) is 0 Å². The lowest BCUT2D eigenvalue weighted by Crippen LogP contribution is -2.38. The van der Waals surface area contributed by atoms with Gasteiger partial charge >= 0.3 is 0 Å². The van der Waals surface area contributed by atoms with E-state index in [9.17, 15) is 5.11 Å². The minimum absolute atomic E-state index is 0.533. The Morgan fingerprint density at radius 3 is 2.72 bits per heavy atom. The van der Waals surface area contributed by atoms with E-state index in [0.29, 0.717) is 12.1 Å². The molecule has 1 aromatic rings. The molecular formula is C15H20N2O. The first-order chi connectivity index (χ1) is 8.63. The zero-order valence-corrected chi connectivity index (χ0v) is 10.9. The topological polar surface area (TPSA) is 56.0 Å². The fraction of sp³-hybridized carbons (Fsp3) is 0.533. The second-order valence-corrected chi connectivity index (χ2v) is 5.30. The summed E-state index contributed by atoms with van der Waals surface area (Å²) in [6, 6.07) is 7.89. The summed E-state index contributed by atoms with van der Waals surface area (Å²) in [5.74, 6) is 0. The molecule has 0 radical (unpaired) electrons. The van der Waals surface area contributed by atoms with Gasteiger partial charge in [0.1, 0.15) is 6.07 Å². The van der Waals surface area contributed by atoms with E-state index in [-0.39, 0.29) is 0 Å². The number of aryl methyl sites for hydroxylation is 1. The van der Waals surface area contributed by atoms with Gasteiger partial charge in [-0.2, -0.15) is 5.26 Å². The van der Waals surface area contributed by atoms with E-state index in [1.165, 1.54) is 6.42 Å². The van der Waals surface area contributed by atoms with Gasteiger partial charge in [0.2, 0.25) is 0 Å². The number of aliphatic hydroxyl groups is 1. The summed E-state index contributed by atoms with van der Waals surface area (Å²) in [6.45, 7) is 2.53. The molecule has 3 nitrogen and oxygen atoms in total. The molecule has 3 heteroatoms. The van der Waals surface area contributed by atoms with Gasteiger partial charge in [0.05, 0.1) is 16.9 Å². The predicted molar refractivity (Wildman–Crippen MR) is 72.4 cm³/mol. The van der Waals surface area contributed by atoms with Gasteiger partial charge in [0.25, 0.3) is 0 Å². The molecule has 2 rings (SSSR count). The van der Waals surface area contributed by atoms with E-state index < -0.39 is 5.60 Å². The van der Waals surface area contributed by atoms with E-state index in [1.54, 1.807) is 0 Å². The van der Waals surface area contributed by atoms with Crippen LogP contribution in [0.4, 0.5) is 5.69 Å². The van der Waals surface area contributed by atoms with Crippen molar-refractivity contribution in [3.8, 4) is 6.07 Å². The quantitative estimate of drug-likeness (QED) is 0.859. The minimum atomic E-state index is -0.602. The molecule has 0 aliphatic heterocycles. The van der Waals surface area contributed by atoms with Crippen LogP contribution >= 0.6 is 0 Å². The number of anilines is 1. The van der Waals surface area contributed by atoms with E-state index in [1.807, 2.05) is 25.1 Å². The van der Waals surface area contributed by atoms with E-state index in [2.05, 4.69) is 11.4 Å². The number of nitriles is 1. The Kier molecular flexibility index (Phi) is 3.88.